The third kappa shape index (κ3) is 5.76. The minimum atomic E-state index is -0.372. The van der Waals surface area contributed by atoms with Crippen LogP contribution in [0.1, 0.15) is 22.9 Å². The number of methoxy groups -OCH3 is 1. The molecule has 3 aromatic rings. The van der Waals surface area contributed by atoms with Crippen molar-refractivity contribution in [2.24, 2.45) is 12.0 Å². The fraction of sp³-hybridized carbons (Fsp3) is 0.333. The summed E-state index contributed by atoms with van der Waals surface area (Å²) in [5.41, 5.74) is 1.46. The van der Waals surface area contributed by atoms with Gasteiger partial charge in [0.2, 0.25) is 0 Å². The number of rotatable bonds is 8. The minimum Gasteiger partial charge on any atom is -0.497 e. The molecule has 2 N–H and O–H groups in total. The average Bonchev–Trinajstić information content (AvgIpc) is 3.09. The van der Waals surface area contributed by atoms with Crippen LogP contribution in [0.5, 0.6) is 5.75 Å². The molecule has 0 aliphatic heterocycles. The molecule has 0 bridgehead atoms. The molecule has 0 atom stereocenters. The van der Waals surface area contributed by atoms with Gasteiger partial charge in [-0.3, -0.25) is 4.98 Å². The van der Waals surface area contributed by atoms with E-state index in [1.165, 1.54) is 11.6 Å². The van der Waals surface area contributed by atoms with Gasteiger partial charge >= 0.3 is 0 Å². The molecule has 2 aromatic heterocycles. The second-order valence-corrected chi connectivity index (χ2v) is 6.70. The van der Waals surface area contributed by atoms with Crippen LogP contribution in [0.2, 0.25) is 0 Å². The van der Waals surface area contributed by atoms with Gasteiger partial charge in [0.15, 0.2) is 11.8 Å². The number of guanidine groups is 1. The summed E-state index contributed by atoms with van der Waals surface area (Å²) in [5.74, 6) is 2.61. The Hall–Kier alpha value is -3.49. The molecule has 0 saturated heterocycles. The summed E-state index contributed by atoms with van der Waals surface area (Å²) in [7, 11) is 3.55. The molecule has 30 heavy (non-hydrogen) atoms. The van der Waals surface area contributed by atoms with Crippen LogP contribution in [0.25, 0.3) is 0 Å². The maximum Gasteiger partial charge on any atom is 0.192 e. The van der Waals surface area contributed by atoms with E-state index in [0.717, 1.165) is 23.8 Å². The molecule has 0 spiro atoms. The van der Waals surface area contributed by atoms with Crippen molar-refractivity contribution in [2.75, 3.05) is 13.7 Å². The first-order valence-corrected chi connectivity index (χ1v) is 9.66. The lowest BCUT2D eigenvalue weighted by molar-refractivity contribution is 0.414. The Bertz CT molecular complexity index is 985. The lowest BCUT2D eigenvalue weighted by Gasteiger charge is -2.13. The highest BCUT2D eigenvalue weighted by molar-refractivity contribution is 5.79. The van der Waals surface area contributed by atoms with Crippen molar-refractivity contribution in [1.29, 1.82) is 0 Å². The third-order valence-electron chi connectivity index (χ3n) is 4.68. The van der Waals surface area contributed by atoms with E-state index in [9.17, 15) is 4.39 Å². The molecule has 3 rings (SSSR count). The number of aliphatic imine (C=N–C) groups is 1. The highest BCUT2D eigenvalue weighted by Gasteiger charge is 2.08. The van der Waals surface area contributed by atoms with Crippen molar-refractivity contribution in [3.8, 4) is 5.75 Å². The zero-order valence-corrected chi connectivity index (χ0v) is 17.4. The molecular formula is C21H26FN7O. The second kappa shape index (κ2) is 10.3. The quantitative estimate of drug-likeness (QED) is 0.436. The lowest BCUT2D eigenvalue weighted by atomic mass is 10.1. The monoisotopic (exact) mass is 411 g/mol. The predicted molar refractivity (Wildman–Crippen MR) is 113 cm³/mol. The molecule has 158 valence electrons. The van der Waals surface area contributed by atoms with Gasteiger partial charge < -0.3 is 19.9 Å². The van der Waals surface area contributed by atoms with Crippen molar-refractivity contribution in [3.05, 3.63) is 71.3 Å². The molecule has 0 radical (unpaired) electrons. The van der Waals surface area contributed by atoms with Gasteiger partial charge in [0.05, 0.1) is 25.9 Å². The number of pyridine rings is 1. The number of hydrogen-bond donors (Lipinski definition) is 2. The highest BCUT2D eigenvalue weighted by atomic mass is 19.1. The topological polar surface area (TPSA) is 89.2 Å². The maximum atomic E-state index is 13.9. The van der Waals surface area contributed by atoms with Gasteiger partial charge in [-0.25, -0.2) is 9.38 Å². The molecular weight excluding hydrogens is 385 g/mol. The molecule has 0 saturated carbocycles. The van der Waals surface area contributed by atoms with Crippen LogP contribution in [-0.2, 0) is 26.6 Å². The van der Waals surface area contributed by atoms with Crippen LogP contribution in [0.15, 0.2) is 47.6 Å². The van der Waals surface area contributed by atoms with E-state index in [2.05, 4.69) is 30.8 Å². The third-order valence-corrected chi connectivity index (χ3v) is 4.68. The summed E-state index contributed by atoms with van der Waals surface area (Å²) in [6.07, 6.45) is 2.35. The standard InChI is InChI=1S/C21H26FN7O/c1-15-27-28-20(29(15)2)14-26-21(25-13-19-18(22)5-4-11-23-19)24-12-10-16-6-8-17(30-3)9-7-16/h4-9,11H,10,12-14H2,1-3H3,(H2,24,25,26). The number of benzene rings is 1. The Morgan fingerprint density at radius 3 is 2.63 bits per heavy atom. The number of nitrogens with zero attached hydrogens (tertiary/aromatic N) is 5. The second-order valence-electron chi connectivity index (χ2n) is 6.70. The number of hydrogen-bond acceptors (Lipinski definition) is 5. The Morgan fingerprint density at radius 1 is 1.17 bits per heavy atom. The van der Waals surface area contributed by atoms with Gasteiger partial charge in [0, 0.05) is 19.8 Å². The molecule has 0 amide bonds. The van der Waals surface area contributed by atoms with Crippen LogP contribution in [0, 0.1) is 12.7 Å². The Morgan fingerprint density at radius 2 is 1.97 bits per heavy atom. The Balaban J connectivity index is 1.63. The number of aromatic nitrogens is 4. The van der Waals surface area contributed by atoms with Crippen molar-refractivity contribution in [2.45, 2.75) is 26.4 Å². The van der Waals surface area contributed by atoms with E-state index in [1.54, 1.807) is 19.4 Å². The number of aryl methyl sites for hydroxylation is 1. The van der Waals surface area contributed by atoms with E-state index >= 15 is 0 Å². The van der Waals surface area contributed by atoms with E-state index in [-0.39, 0.29) is 12.4 Å². The van der Waals surface area contributed by atoms with Crippen molar-refractivity contribution in [3.63, 3.8) is 0 Å². The first-order valence-electron chi connectivity index (χ1n) is 9.66. The molecule has 9 heteroatoms. The van der Waals surface area contributed by atoms with Crippen molar-refractivity contribution in [1.82, 2.24) is 30.4 Å². The first-order chi connectivity index (χ1) is 14.6. The normalized spacial score (nSPS) is 11.4. The van der Waals surface area contributed by atoms with Gasteiger partial charge in [-0.2, -0.15) is 0 Å². The first kappa shape index (κ1) is 21.2. The van der Waals surface area contributed by atoms with Gasteiger partial charge in [0.1, 0.15) is 17.4 Å². The summed E-state index contributed by atoms with van der Waals surface area (Å²) >= 11 is 0. The number of nitrogens with one attached hydrogen (secondary N) is 2. The lowest BCUT2D eigenvalue weighted by Crippen LogP contribution is -2.38. The fourth-order valence-corrected chi connectivity index (χ4v) is 2.75. The molecule has 8 nitrogen and oxygen atoms in total. The summed E-state index contributed by atoms with van der Waals surface area (Å²) in [6, 6.07) is 10.9. The van der Waals surface area contributed by atoms with E-state index in [1.807, 2.05) is 42.8 Å². The molecule has 2 heterocycles. The Kier molecular flexibility index (Phi) is 7.31. The predicted octanol–water partition coefficient (Wildman–Crippen LogP) is 2.14. The minimum absolute atomic E-state index is 0.127. The zero-order chi connectivity index (χ0) is 21.3. The summed E-state index contributed by atoms with van der Waals surface area (Å²) in [5, 5.41) is 14.7. The largest absolute Gasteiger partial charge is 0.497 e. The summed E-state index contributed by atoms with van der Waals surface area (Å²) < 4.78 is 21.0. The van der Waals surface area contributed by atoms with Crippen molar-refractivity contribution >= 4 is 5.96 Å². The zero-order valence-electron chi connectivity index (χ0n) is 17.4. The van der Waals surface area contributed by atoms with Crippen LogP contribution < -0.4 is 15.4 Å². The van der Waals surface area contributed by atoms with E-state index in [0.29, 0.717) is 24.7 Å². The number of ether oxygens (including phenoxy) is 1. The summed E-state index contributed by atoms with van der Waals surface area (Å²) in [4.78, 5) is 8.53. The molecule has 1 aromatic carbocycles. The van der Waals surface area contributed by atoms with E-state index < -0.39 is 0 Å². The molecule has 0 unspecified atom stereocenters. The van der Waals surface area contributed by atoms with Gasteiger partial charge in [-0.15, -0.1) is 10.2 Å². The van der Waals surface area contributed by atoms with Gasteiger partial charge in [-0.05, 0) is 43.2 Å². The average molecular weight is 411 g/mol. The SMILES string of the molecule is COc1ccc(CCNC(=NCc2ncccc2F)NCc2nnc(C)n2C)cc1. The van der Waals surface area contributed by atoms with Crippen LogP contribution in [0.3, 0.4) is 0 Å². The van der Waals surface area contributed by atoms with Gasteiger partial charge in [-0.1, -0.05) is 12.1 Å². The maximum absolute atomic E-state index is 13.9. The molecule has 0 aliphatic rings. The van der Waals surface area contributed by atoms with Crippen molar-refractivity contribution < 1.29 is 9.13 Å². The molecule has 0 aliphatic carbocycles. The fourth-order valence-electron chi connectivity index (χ4n) is 2.75. The Labute approximate surface area is 175 Å². The van der Waals surface area contributed by atoms with E-state index in [4.69, 9.17) is 4.74 Å². The van der Waals surface area contributed by atoms with Crippen LogP contribution in [0.4, 0.5) is 4.39 Å². The summed E-state index contributed by atoms with van der Waals surface area (Å²) in [6.45, 7) is 3.11. The highest BCUT2D eigenvalue weighted by Crippen LogP contribution is 2.11. The van der Waals surface area contributed by atoms with Crippen LogP contribution >= 0.6 is 0 Å². The van der Waals surface area contributed by atoms with Gasteiger partial charge in [0.25, 0.3) is 0 Å². The smallest absolute Gasteiger partial charge is 0.192 e. The van der Waals surface area contributed by atoms with Crippen LogP contribution in [-0.4, -0.2) is 39.4 Å². The molecule has 0 fully saturated rings. The number of halogens is 1.